The van der Waals surface area contributed by atoms with Crippen LogP contribution in [0, 0.1) is 0 Å². The van der Waals surface area contributed by atoms with Gasteiger partial charge in [0.05, 0.1) is 6.10 Å². The topological polar surface area (TPSA) is 9.23 Å². The van der Waals surface area contributed by atoms with Crippen LogP contribution in [-0.2, 0) is 4.74 Å². The molecule has 0 saturated heterocycles. The standard InChI is InChI=1S/C11H14F2O/c1-7(2)6-9-4-5-10(8(9)3)14-11(12)13/h6,10-11H,1,3-5H2,2H3/b9-6-/t10-/m1/s1. The molecular weight excluding hydrogens is 186 g/mol. The molecule has 0 N–H and O–H groups in total. The molecule has 0 heterocycles. The summed E-state index contributed by atoms with van der Waals surface area (Å²) in [6.45, 7) is 6.63. The number of halogens is 2. The Balaban J connectivity index is 2.64. The van der Waals surface area contributed by atoms with E-state index in [9.17, 15) is 8.78 Å². The average Bonchev–Trinajstić information content (AvgIpc) is 2.34. The zero-order chi connectivity index (χ0) is 10.7. The fraction of sp³-hybridized carbons (Fsp3) is 0.455. The summed E-state index contributed by atoms with van der Waals surface area (Å²) in [7, 11) is 0. The van der Waals surface area contributed by atoms with Crippen molar-refractivity contribution < 1.29 is 13.5 Å². The van der Waals surface area contributed by atoms with Crippen molar-refractivity contribution in [2.75, 3.05) is 0 Å². The molecule has 1 aliphatic carbocycles. The van der Waals surface area contributed by atoms with E-state index in [4.69, 9.17) is 0 Å². The summed E-state index contributed by atoms with van der Waals surface area (Å²) < 4.78 is 28.3. The van der Waals surface area contributed by atoms with Gasteiger partial charge < -0.3 is 4.74 Å². The van der Waals surface area contributed by atoms with Crippen molar-refractivity contribution in [3.63, 3.8) is 0 Å². The first-order valence-electron chi connectivity index (χ1n) is 4.49. The van der Waals surface area contributed by atoms with Crippen LogP contribution in [0.3, 0.4) is 0 Å². The van der Waals surface area contributed by atoms with Crippen LogP contribution in [0.4, 0.5) is 8.78 Å². The van der Waals surface area contributed by atoms with E-state index in [-0.39, 0.29) is 0 Å². The summed E-state index contributed by atoms with van der Waals surface area (Å²) in [4.78, 5) is 0. The Labute approximate surface area is 82.8 Å². The second-order valence-corrected chi connectivity index (χ2v) is 3.47. The maximum atomic E-state index is 11.9. The van der Waals surface area contributed by atoms with Gasteiger partial charge >= 0.3 is 6.61 Å². The first-order valence-corrected chi connectivity index (χ1v) is 4.49. The predicted molar refractivity (Wildman–Crippen MR) is 52.1 cm³/mol. The molecule has 78 valence electrons. The van der Waals surface area contributed by atoms with Gasteiger partial charge in [0, 0.05) is 0 Å². The highest BCUT2D eigenvalue weighted by Gasteiger charge is 2.26. The molecule has 1 aliphatic rings. The van der Waals surface area contributed by atoms with Gasteiger partial charge in [-0.2, -0.15) is 8.78 Å². The maximum absolute atomic E-state index is 11.9. The van der Waals surface area contributed by atoms with E-state index in [2.05, 4.69) is 17.9 Å². The molecule has 0 aromatic heterocycles. The molecule has 14 heavy (non-hydrogen) atoms. The van der Waals surface area contributed by atoms with Gasteiger partial charge in [-0.25, -0.2) is 0 Å². The smallest absolute Gasteiger partial charge is 0.315 e. The Bertz CT molecular complexity index is 279. The van der Waals surface area contributed by atoms with E-state index in [0.29, 0.717) is 12.0 Å². The number of alkyl halides is 2. The fourth-order valence-electron chi connectivity index (χ4n) is 1.56. The van der Waals surface area contributed by atoms with Gasteiger partial charge in [0.25, 0.3) is 0 Å². The quantitative estimate of drug-likeness (QED) is 0.678. The molecule has 3 heteroatoms. The van der Waals surface area contributed by atoms with Crippen LogP contribution in [0.25, 0.3) is 0 Å². The third-order valence-electron chi connectivity index (χ3n) is 2.16. The summed E-state index contributed by atoms with van der Waals surface area (Å²) in [5, 5.41) is 0. The number of hydrogen-bond acceptors (Lipinski definition) is 1. The minimum absolute atomic E-state index is 0.527. The minimum atomic E-state index is -2.72. The predicted octanol–water partition coefficient (Wildman–Crippen LogP) is 3.45. The third-order valence-corrected chi connectivity index (χ3v) is 2.16. The van der Waals surface area contributed by atoms with Crippen LogP contribution in [0.2, 0.25) is 0 Å². The molecule has 0 aromatic carbocycles. The van der Waals surface area contributed by atoms with Gasteiger partial charge in [-0.1, -0.05) is 24.8 Å². The van der Waals surface area contributed by atoms with Crippen molar-refractivity contribution in [1.29, 1.82) is 0 Å². The normalized spacial score (nSPS) is 25.0. The van der Waals surface area contributed by atoms with Gasteiger partial charge in [0.15, 0.2) is 0 Å². The highest BCUT2D eigenvalue weighted by Crippen LogP contribution is 2.33. The average molecular weight is 200 g/mol. The van der Waals surface area contributed by atoms with E-state index in [1.807, 2.05) is 13.0 Å². The van der Waals surface area contributed by atoms with E-state index in [1.165, 1.54) is 0 Å². The van der Waals surface area contributed by atoms with Crippen molar-refractivity contribution in [2.24, 2.45) is 0 Å². The van der Waals surface area contributed by atoms with Crippen LogP contribution in [0.15, 0.2) is 36.0 Å². The molecule has 1 rings (SSSR count). The van der Waals surface area contributed by atoms with E-state index < -0.39 is 12.7 Å². The van der Waals surface area contributed by atoms with Gasteiger partial charge in [-0.15, -0.1) is 0 Å². The van der Waals surface area contributed by atoms with E-state index in [0.717, 1.165) is 17.6 Å². The van der Waals surface area contributed by atoms with Crippen LogP contribution in [-0.4, -0.2) is 12.7 Å². The van der Waals surface area contributed by atoms with Gasteiger partial charge in [0.2, 0.25) is 0 Å². The highest BCUT2D eigenvalue weighted by molar-refractivity contribution is 5.40. The lowest BCUT2D eigenvalue weighted by atomic mass is 10.1. The zero-order valence-corrected chi connectivity index (χ0v) is 8.22. The van der Waals surface area contributed by atoms with Crippen molar-refractivity contribution in [3.8, 4) is 0 Å². The van der Waals surface area contributed by atoms with E-state index >= 15 is 0 Å². The Kier molecular flexibility index (Phi) is 3.58. The summed E-state index contributed by atoms with van der Waals surface area (Å²) in [6, 6.07) is 0. The number of rotatable bonds is 3. The summed E-state index contributed by atoms with van der Waals surface area (Å²) in [5.41, 5.74) is 2.54. The molecule has 0 aliphatic heterocycles. The van der Waals surface area contributed by atoms with Crippen molar-refractivity contribution in [3.05, 3.63) is 36.0 Å². The van der Waals surface area contributed by atoms with Crippen molar-refractivity contribution in [1.82, 2.24) is 0 Å². The molecular formula is C11H14F2O. The van der Waals surface area contributed by atoms with Crippen LogP contribution in [0.1, 0.15) is 19.8 Å². The van der Waals surface area contributed by atoms with Crippen LogP contribution < -0.4 is 0 Å². The summed E-state index contributed by atoms with van der Waals surface area (Å²) in [6.07, 6.45) is 2.67. The molecule has 1 fully saturated rings. The van der Waals surface area contributed by atoms with Gasteiger partial charge in [-0.05, 0) is 30.9 Å². The molecule has 0 radical (unpaired) electrons. The second-order valence-electron chi connectivity index (χ2n) is 3.47. The fourth-order valence-corrected chi connectivity index (χ4v) is 1.56. The SMILES string of the molecule is C=C(C)/C=C1/CC[C@@H](OC(F)F)C1=C. The molecule has 0 aromatic rings. The number of allylic oxidation sites excluding steroid dienone is 2. The molecule has 0 amide bonds. The largest absolute Gasteiger partial charge is 0.345 e. The zero-order valence-electron chi connectivity index (χ0n) is 8.22. The molecule has 1 atom stereocenters. The first kappa shape index (κ1) is 11.1. The molecule has 0 spiro atoms. The molecule has 1 nitrogen and oxygen atoms in total. The highest BCUT2D eigenvalue weighted by atomic mass is 19.3. The van der Waals surface area contributed by atoms with Crippen LogP contribution >= 0.6 is 0 Å². The molecule has 0 unspecified atom stereocenters. The maximum Gasteiger partial charge on any atom is 0.345 e. The lowest BCUT2D eigenvalue weighted by molar-refractivity contribution is -0.150. The van der Waals surface area contributed by atoms with Crippen molar-refractivity contribution >= 4 is 0 Å². The Morgan fingerprint density at radius 1 is 1.64 bits per heavy atom. The number of hydrogen-bond donors (Lipinski definition) is 0. The first-order chi connectivity index (χ1) is 6.50. The van der Waals surface area contributed by atoms with Crippen molar-refractivity contribution in [2.45, 2.75) is 32.5 Å². The third kappa shape index (κ3) is 2.77. The van der Waals surface area contributed by atoms with Crippen LogP contribution in [0.5, 0.6) is 0 Å². The summed E-state index contributed by atoms with van der Waals surface area (Å²) in [5.74, 6) is 0. The van der Waals surface area contributed by atoms with E-state index in [1.54, 1.807) is 0 Å². The summed E-state index contributed by atoms with van der Waals surface area (Å²) >= 11 is 0. The Morgan fingerprint density at radius 3 is 2.79 bits per heavy atom. The van der Waals surface area contributed by atoms with Gasteiger partial charge in [-0.3, -0.25) is 0 Å². The second kappa shape index (κ2) is 4.51. The molecule has 1 saturated carbocycles. The Hall–Kier alpha value is -0.960. The number of ether oxygens (including phenoxy) is 1. The lowest BCUT2D eigenvalue weighted by Crippen LogP contribution is -2.13. The monoisotopic (exact) mass is 200 g/mol. The van der Waals surface area contributed by atoms with Gasteiger partial charge in [0.1, 0.15) is 0 Å². The lowest BCUT2D eigenvalue weighted by Gasteiger charge is -2.11. The minimum Gasteiger partial charge on any atom is -0.315 e. The Morgan fingerprint density at radius 2 is 2.29 bits per heavy atom. The molecule has 0 bridgehead atoms.